The predicted octanol–water partition coefficient (Wildman–Crippen LogP) is 3.38. The summed E-state index contributed by atoms with van der Waals surface area (Å²) < 4.78 is 30.1. The van der Waals surface area contributed by atoms with Crippen molar-refractivity contribution in [1.29, 1.82) is 0 Å². The van der Waals surface area contributed by atoms with Crippen LogP contribution in [0.1, 0.15) is 30.0 Å². The molecule has 0 amide bonds. The molecule has 3 saturated heterocycles. The molecule has 3 aliphatic rings. The van der Waals surface area contributed by atoms with Crippen LogP contribution in [0.5, 0.6) is 0 Å². The summed E-state index contributed by atoms with van der Waals surface area (Å²) in [6.07, 6.45) is 2.17. The molecule has 0 aliphatic carbocycles. The van der Waals surface area contributed by atoms with E-state index in [-0.39, 0.29) is 11.8 Å². The van der Waals surface area contributed by atoms with Crippen molar-refractivity contribution in [2.24, 2.45) is 13.0 Å². The second kappa shape index (κ2) is 8.81. The van der Waals surface area contributed by atoms with Gasteiger partial charge in [0.1, 0.15) is 0 Å². The van der Waals surface area contributed by atoms with Crippen molar-refractivity contribution in [2.45, 2.75) is 30.6 Å². The Bertz CT molecular complexity index is 1160. The predicted molar refractivity (Wildman–Crippen MR) is 127 cm³/mol. The number of hydrogen-bond donors (Lipinski definition) is 1. The van der Waals surface area contributed by atoms with Crippen LogP contribution in [-0.4, -0.2) is 48.8 Å². The highest BCUT2D eigenvalue weighted by Gasteiger charge is 2.42. The molecule has 0 radical (unpaired) electrons. The van der Waals surface area contributed by atoms with Crippen molar-refractivity contribution in [2.75, 3.05) is 19.6 Å². The fraction of sp³-hybridized carbons (Fsp3) is 0.400. The number of hydrogen-bond acceptors (Lipinski definition) is 4. The van der Waals surface area contributed by atoms with Gasteiger partial charge in [-0.25, -0.2) is 13.1 Å². The molecule has 3 aromatic rings. The first-order valence-corrected chi connectivity index (χ1v) is 13.0. The Morgan fingerprint density at radius 2 is 1.78 bits per heavy atom. The van der Waals surface area contributed by atoms with Crippen LogP contribution in [-0.2, 0) is 22.8 Å². The standard InChI is InChI=1S/C25H30N4O2S/c1-28-25(15-24(27-28)20-10-6-3-7-11-20)23-17-29-13-12-21(23)14-22(29)16-26-32(30,31)18-19-8-4-2-5-9-19/h2-11,15,21-23,26H,12-14,16-18H2,1H3/t21-,22+,23-/m0/s1. The van der Waals surface area contributed by atoms with E-state index in [2.05, 4.69) is 27.8 Å². The molecule has 168 valence electrons. The summed E-state index contributed by atoms with van der Waals surface area (Å²) in [5.41, 5.74) is 4.25. The van der Waals surface area contributed by atoms with Crippen LogP contribution in [0, 0.1) is 5.92 Å². The normalized spacial score (nSPS) is 25.2. The van der Waals surface area contributed by atoms with Crippen molar-refractivity contribution in [3.05, 3.63) is 78.0 Å². The second-order valence-electron chi connectivity index (χ2n) is 9.08. The van der Waals surface area contributed by atoms with E-state index < -0.39 is 10.0 Å². The van der Waals surface area contributed by atoms with Gasteiger partial charge in [-0.15, -0.1) is 0 Å². The zero-order valence-electron chi connectivity index (χ0n) is 18.4. The van der Waals surface area contributed by atoms with Crippen LogP contribution in [0.3, 0.4) is 0 Å². The average molecular weight is 451 g/mol. The monoisotopic (exact) mass is 450 g/mol. The van der Waals surface area contributed by atoms with Gasteiger partial charge >= 0.3 is 0 Å². The van der Waals surface area contributed by atoms with E-state index in [0.717, 1.165) is 42.8 Å². The number of fused-ring (bicyclic) bond motifs is 3. The molecule has 0 saturated carbocycles. The maximum Gasteiger partial charge on any atom is 0.215 e. The highest BCUT2D eigenvalue weighted by Crippen LogP contribution is 2.42. The third-order valence-corrected chi connectivity index (χ3v) is 8.30. The fourth-order valence-corrected chi connectivity index (χ4v) is 6.51. The number of rotatable bonds is 7. The van der Waals surface area contributed by atoms with Crippen molar-refractivity contribution >= 4 is 10.0 Å². The minimum absolute atomic E-state index is 0.0316. The van der Waals surface area contributed by atoms with E-state index >= 15 is 0 Å². The number of nitrogens with one attached hydrogen (secondary N) is 1. The van der Waals surface area contributed by atoms with Crippen LogP contribution in [0.25, 0.3) is 11.3 Å². The van der Waals surface area contributed by atoms with Crippen LogP contribution in [0.2, 0.25) is 0 Å². The number of aryl methyl sites for hydroxylation is 1. The van der Waals surface area contributed by atoms with Crippen molar-refractivity contribution in [3.8, 4) is 11.3 Å². The zero-order chi connectivity index (χ0) is 22.1. The lowest BCUT2D eigenvalue weighted by Crippen LogP contribution is -2.56. The molecule has 1 aromatic heterocycles. The van der Waals surface area contributed by atoms with Gasteiger partial charge in [0.25, 0.3) is 0 Å². The maximum atomic E-state index is 12.6. The van der Waals surface area contributed by atoms with Crippen molar-refractivity contribution in [1.82, 2.24) is 19.4 Å². The third kappa shape index (κ3) is 4.51. The Kier molecular flexibility index (Phi) is 5.88. The molecular formula is C25H30N4O2S. The molecular weight excluding hydrogens is 420 g/mol. The largest absolute Gasteiger partial charge is 0.298 e. The quantitative estimate of drug-likeness (QED) is 0.599. The summed E-state index contributed by atoms with van der Waals surface area (Å²) in [6.45, 7) is 2.48. The molecule has 4 atom stereocenters. The summed E-state index contributed by atoms with van der Waals surface area (Å²) in [4.78, 5) is 2.46. The van der Waals surface area contributed by atoms with Crippen LogP contribution >= 0.6 is 0 Å². The molecule has 3 aliphatic heterocycles. The average Bonchev–Trinajstić information content (AvgIpc) is 3.20. The van der Waals surface area contributed by atoms with E-state index in [9.17, 15) is 8.42 Å². The van der Waals surface area contributed by atoms with E-state index in [1.807, 2.05) is 60.3 Å². The number of benzene rings is 2. The molecule has 1 unspecified atom stereocenters. The minimum Gasteiger partial charge on any atom is -0.298 e. The van der Waals surface area contributed by atoms with Crippen LogP contribution in [0.15, 0.2) is 66.7 Å². The molecule has 2 bridgehead atoms. The number of nitrogens with zero attached hydrogens (tertiary/aromatic N) is 3. The summed E-state index contributed by atoms with van der Waals surface area (Å²) in [6, 6.07) is 22.2. The highest BCUT2D eigenvalue weighted by atomic mass is 32.2. The lowest BCUT2D eigenvalue weighted by molar-refractivity contribution is 0.0306. The topological polar surface area (TPSA) is 67.2 Å². The van der Waals surface area contributed by atoms with E-state index in [4.69, 9.17) is 5.10 Å². The molecule has 2 aromatic carbocycles. The Hall–Kier alpha value is -2.48. The first-order chi connectivity index (χ1) is 15.5. The van der Waals surface area contributed by atoms with Gasteiger partial charge in [-0.2, -0.15) is 5.10 Å². The Labute approximate surface area is 190 Å². The number of piperidine rings is 3. The van der Waals surface area contributed by atoms with Gasteiger partial charge in [0, 0.05) is 43.4 Å². The molecule has 3 fully saturated rings. The number of sulfonamides is 1. The van der Waals surface area contributed by atoms with Gasteiger partial charge < -0.3 is 0 Å². The molecule has 0 spiro atoms. The maximum absolute atomic E-state index is 12.6. The van der Waals surface area contributed by atoms with Gasteiger partial charge in [0.2, 0.25) is 10.0 Å². The fourth-order valence-electron chi connectivity index (χ4n) is 5.33. The second-order valence-corrected chi connectivity index (χ2v) is 10.9. The van der Waals surface area contributed by atoms with Gasteiger partial charge in [-0.05, 0) is 36.9 Å². The smallest absolute Gasteiger partial charge is 0.215 e. The molecule has 6 nitrogen and oxygen atoms in total. The highest BCUT2D eigenvalue weighted by molar-refractivity contribution is 7.88. The first kappa shape index (κ1) is 21.4. The van der Waals surface area contributed by atoms with E-state index in [1.165, 1.54) is 5.69 Å². The zero-order valence-corrected chi connectivity index (χ0v) is 19.2. The van der Waals surface area contributed by atoms with Gasteiger partial charge in [0.15, 0.2) is 0 Å². The molecule has 32 heavy (non-hydrogen) atoms. The summed E-state index contributed by atoms with van der Waals surface area (Å²) in [7, 11) is -1.31. The van der Waals surface area contributed by atoms with Gasteiger partial charge in [-0.1, -0.05) is 60.7 Å². The van der Waals surface area contributed by atoms with E-state index in [1.54, 1.807) is 0 Å². The van der Waals surface area contributed by atoms with Crippen molar-refractivity contribution in [3.63, 3.8) is 0 Å². The Morgan fingerprint density at radius 3 is 2.47 bits per heavy atom. The summed E-state index contributed by atoms with van der Waals surface area (Å²) in [5.74, 6) is 1.03. The third-order valence-electron chi connectivity index (χ3n) is 6.98. The Balaban J connectivity index is 1.24. The molecule has 1 N–H and O–H groups in total. The molecule has 7 heteroatoms. The van der Waals surface area contributed by atoms with Crippen molar-refractivity contribution < 1.29 is 8.42 Å². The Morgan fingerprint density at radius 1 is 1.06 bits per heavy atom. The first-order valence-electron chi connectivity index (χ1n) is 11.3. The summed E-state index contributed by atoms with van der Waals surface area (Å²) >= 11 is 0. The SMILES string of the molecule is Cn1nc(-c2ccccc2)cc1[C@H]1CN2CC[C@H]1C[C@@H]2CNS(=O)(=O)Cc1ccccc1. The lowest BCUT2D eigenvalue weighted by Gasteiger charge is -2.50. The lowest BCUT2D eigenvalue weighted by atomic mass is 9.74. The van der Waals surface area contributed by atoms with E-state index in [0.29, 0.717) is 18.4 Å². The minimum atomic E-state index is -3.34. The summed E-state index contributed by atoms with van der Waals surface area (Å²) in [5, 5.41) is 4.77. The molecule has 4 heterocycles. The van der Waals surface area contributed by atoms with Gasteiger partial charge in [-0.3, -0.25) is 9.58 Å². The molecule has 6 rings (SSSR count). The number of aromatic nitrogens is 2. The van der Waals surface area contributed by atoms with Crippen LogP contribution < -0.4 is 4.72 Å². The van der Waals surface area contributed by atoms with Crippen LogP contribution in [0.4, 0.5) is 0 Å². The van der Waals surface area contributed by atoms with Gasteiger partial charge in [0.05, 0.1) is 11.4 Å².